The molecular weight excluding hydrogens is 194 g/mol. The second-order valence-electron chi connectivity index (χ2n) is 4.21. The van der Waals surface area contributed by atoms with Crippen molar-refractivity contribution < 1.29 is 9.53 Å². The first kappa shape index (κ1) is 12.4. The van der Waals surface area contributed by atoms with E-state index in [1.807, 2.05) is 7.05 Å². The number of rotatable bonds is 5. The van der Waals surface area contributed by atoms with E-state index in [1.54, 1.807) is 7.11 Å². The number of nitrogens with two attached hydrogens (primary N) is 1. The van der Waals surface area contributed by atoms with Gasteiger partial charge in [0.2, 0.25) is 5.91 Å². The fourth-order valence-corrected chi connectivity index (χ4v) is 2.09. The van der Waals surface area contributed by atoms with Gasteiger partial charge in [0.15, 0.2) is 0 Å². The molecule has 0 aromatic heterocycles. The number of methoxy groups -OCH3 is 1. The Morgan fingerprint density at radius 2 is 2.40 bits per heavy atom. The van der Waals surface area contributed by atoms with Gasteiger partial charge >= 0.3 is 0 Å². The molecule has 1 heterocycles. The van der Waals surface area contributed by atoms with Gasteiger partial charge in [-0.25, -0.2) is 0 Å². The average Bonchev–Trinajstić information content (AvgIpc) is 2.18. The number of carbonyl (C=O) groups excluding carboxylic acids is 1. The summed E-state index contributed by atoms with van der Waals surface area (Å²) in [6, 6.07) is 0. The highest BCUT2D eigenvalue weighted by atomic mass is 16.5. The number of ether oxygens (including phenoxy) is 1. The molecule has 1 aliphatic rings. The van der Waals surface area contributed by atoms with Gasteiger partial charge in [0.1, 0.15) is 5.54 Å². The van der Waals surface area contributed by atoms with Crippen LogP contribution < -0.4 is 11.1 Å². The molecule has 1 rings (SSSR count). The summed E-state index contributed by atoms with van der Waals surface area (Å²) in [6.45, 7) is 2.97. The maximum atomic E-state index is 11.5. The normalized spacial score (nSPS) is 27.9. The summed E-state index contributed by atoms with van der Waals surface area (Å²) in [5.41, 5.74) is 4.91. The number of piperidine rings is 1. The Balaban J connectivity index is 2.57. The van der Waals surface area contributed by atoms with Crippen LogP contribution in [-0.4, -0.2) is 56.7 Å². The molecule has 1 amide bonds. The van der Waals surface area contributed by atoms with Gasteiger partial charge in [0.05, 0.1) is 6.61 Å². The van der Waals surface area contributed by atoms with E-state index >= 15 is 0 Å². The van der Waals surface area contributed by atoms with E-state index in [2.05, 4.69) is 10.2 Å². The maximum Gasteiger partial charge on any atom is 0.239 e. The van der Waals surface area contributed by atoms with E-state index in [1.165, 1.54) is 0 Å². The third-order valence-electron chi connectivity index (χ3n) is 2.92. The number of nitrogens with one attached hydrogen (secondary N) is 1. The quantitative estimate of drug-likeness (QED) is 0.588. The highest BCUT2D eigenvalue weighted by molar-refractivity contribution is 5.85. The summed E-state index contributed by atoms with van der Waals surface area (Å²) >= 11 is 0. The molecule has 0 aromatic rings. The lowest BCUT2D eigenvalue weighted by Gasteiger charge is -2.39. The lowest BCUT2D eigenvalue weighted by atomic mass is 9.88. The van der Waals surface area contributed by atoms with Crippen molar-refractivity contribution in [2.75, 3.05) is 40.4 Å². The molecule has 5 heteroatoms. The van der Waals surface area contributed by atoms with Crippen LogP contribution in [0.3, 0.4) is 0 Å². The molecule has 1 unspecified atom stereocenters. The van der Waals surface area contributed by atoms with Gasteiger partial charge in [-0.05, 0) is 26.4 Å². The number of carbonyl (C=O) groups is 1. The lowest BCUT2D eigenvalue weighted by Crippen LogP contribution is -2.63. The highest BCUT2D eigenvalue weighted by Gasteiger charge is 2.39. The van der Waals surface area contributed by atoms with Gasteiger partial charge in [-0.3, -0.25) is 10.1 Å². The minimum Gasteiger partial charge on any atom is -0.383 e. The van der Waals surface area contributed by atoms with Gasteiger partial charge < -0.3 is 15.4 Å². The first-order valence-corrected chi connectivity index (χ1v) is 5.33. The molecule has 1 atom stereocenters. The van der Waals surface area contributed by atoms with Crippen molar-refractivity contribution >= 4 is 5.91 Å². The van der Waals surface area contributed by atoms with Gasteiger partial charge in [0.25, 0.3) is 0 Å². The standard InChI is InChI=1S/C10H21N3O2/c1-13-6-3-4-10(8-13,9(11)14)12-5-7-15-2/h12H,3-8H2,1-2H3,(H2,11,14). The number of hydrogen-bond donors (Lipinski definition) is 2. The Bertz CT molecular complexity index is 223. The minimum atomic E-state index is -0.564. The third-order valence-corrected chi connectivity index (χ3v) is 2.92. The Kier molecular flexibility index (Phi) is 4.50. The van der Waals surface area contributed by atoms with Gasteiger partial charge in [-0.1, -0.05) is 0 Å². The summed E-state index contributed by atoms with van der Waals surface area (Å²) in [7, 11) is 3.65. The van der Waals surface area contributed by atoms with Gasteiger partial charge in [0, 0.05) is 20.2 Å². The van der Waals surface area contributed by atoms with Crippen molar-refractivity contribution in [1.29, 1.82) is 0 Å². The number of hydrogen-bond acceptors (Lipinski definition) is 4. The van der Waals surface area contributed by atoms with Crippen molar-refractivity contribution in [2.24, 2.45) is 5.73 Å². The summed E-state index contributed by atoms with van der Waals surface area (Å²) in [4.78, 5) is 13.6. The number of primary amides is 1. The molecule has 5 nitrogen and oxygen atoms in total. The van der Waals surface area contributed by atoms with E-state index in [0.717, 1.165) is 19.4 Å². The maximum absolute atomic E-state index is 11.5. The molecule has 1 saturated heterocycles. The van der Waals surface area contributed by atoms with Crippen LogP contribution >= 0.6 is 0 Å². The van der Waals surface area contributed by atoms with Crippen LogP contribution in [0.2, 0.25) is 0 Å². The lowest BCUT2D eigenvalue weighted by molar-refractivity contribution is -0.126. The second-order valence-corrected chi connectivity index (χ2v) is 4.21. The summed E-state index contributed by atoms with van der Waals surface area (Å²) in [6.07, 6.45) is 1.82. The molecule has 3 N–H and O–H groups in total. The first-order chi connectivity index (χ1) is 7.10. The average molecular weight is 215 g/mol. The van der Waals surface area contributed by atoms with Crippen LogP contribution in [0.5, 0.6) is 0 Å². The summed E-state index contributed by atoms with van der Waals surface area (Å²) in [5.74, 6) is -0.259. The van der Waals surface area contributed by atoms with E-state index in [9.17, 15) is 4.79 Å². The summed E-state index contributed by atoms with van der Waals surface area (Å²) < 4.78 is 4.96. The molecular formula is C10H21N3O2. The molecule has 1 aliphatic heterocycles. The number of likely N-dealkylation sites (N-methyl/N-ethyl adjacent to an activating group) is 1. The van der Waals surface area contributed by atoms with Crippen LogP contribution in [-0.2, 0) is 9.53 Å². The second kappa shape index (κ2) is 5.44. The van der Waals surface area contributed by atoms with E-state index in [-0.39, 0.29) is 5.91 Å². The Morgan fingerprint density at radius 1 is 1.67 bits per heavy atom. The van der Waals surface area contributed by atoms with Gasteiger partial charge in [-0.15, -0.1) is 0 Å². The molecule has 0 spiro atoms. The van der Waals surface area contributed by atoms with Crippen molar-refractivity contribution in [3.8, 4) is 0 Å². The molecule has 0 aliphatic carbocycles. The molecule has 0 aromatic carbocycles. The van der Waals surface area contributed by atoms with Crippen LogP contribution in [0.15, 0.2) is 0 Å². The minimum absolute atomic E-state index is 0.259. The third kappa shape index (κ3) is 3.15. The predicted molar refractivity (Wildman–Crippen MR) is 58.5 cm³/mol. The van der Waals surface area contributed by atoms with E-state index in [0.29, 0.717) is 19.7 Å². The van der Waals surface area contributed by atoms with Crippen molar-refractivity contribution in [2.45, 2.75) is 18.4 Å². The molecule has 0 bridgehead atoms. The van der Waals surface area contributed by atoms with E-state index < -0.39 is 5.54 Å². The number of nitrogens with zero attached hydrogens (tertiary/aromatic N) is 1. The molecule has 0 saturated carbocycles. The van der Waals surface area contributed by atoms with Crippen molar-refractivity contribution in [1.82, 2.24) is 10.2 Å². The Morgan fingerprint density at radius 3 is 2.93 bits per heavy atom. The predicted octanol–water partition coefficient (Wildman–Crippen LogP) is -0.828. The SMILES string of the molecule is COCCNC1(C(N)=O)CCCN(C)C1. The molecule has 88 valence electrons. The number of likely N-dealkylation sites (tertiary alicyclic amines) is 1. The Hall–Kier alpha value is -0.650. The van der Waals surface area contributed by atoms with E-state index in [4.69, 9.17) is 10.5 Å². The molecule has 0 radical (unpaired) electrons. The monoisotopic (exact) mass is 215 g/mol. The molecule has 1 fully saturated rings. The number of amides is 1. The zero-order chi connectivity index (χ0) is 11.3. The largest absolute Gasteiger partial charge is 0.383 e. The smallest absolute Gasteiger partial charge is 0.239 e. The topological polar surface area (TPSA) is 67.6 Å². The summed E-state index contributed by atoms with van der Waals surface area (Å²) in [5, 5.41) is 3.22. The van der Waals surface area contributed by atoms with Crippen LogP contribution in [0.25, 0.3) is 0 Å². The highest BCUT2D eigenvalue weighted by Crippen LogP contribution is 2.19. The van der Waals surface area contributed by atoms with Crippen molar-refractivity contribution in [3.63, 3.8) is 0 Å². The van der Waals surface area contributed by atoms with Crippen LogP contribution in [0, 0.1) is 0 Å². The fraction of sp³-hybridized carbons (Fsp3) is 0.900. The first-order valence-electron chi connectivity index (χ1n) is 5.33. The van der Waals surface area contributed by atoms with Crippen LogP contribution in [0.4, 0.5) is 0 Å². The Labute approximate surface area is 90.9 Å². The van der Waals surface area contributed by atoms with Crippen LogP contribution in [0.1, 0.15) is 12.8 Å². The fourth-order valence-electron chi connectivity index (χ4n) is 2.09. The zero-order valence-corrected chi connectivity index (χ0v) is 9.58. The molecule has 15 heavy (non-hydrogen) atoms. The van der Waals surface area contributed by atoms with Crippen molar-refractivity contribution in [3.05, 3.63) is 0 Å². The van der Waals surface area contributed by atoms with Gasteiger partial charge in [-0.2, -0.15) is 0 Å². The zero-order valence-electron chi connectivity index (χ0n) is 9.58.